The van der Waals surface area contributed by atoms with Crippen LogP contribution in [0.1, 0.15) is 11.5 Å². The van der Waals surface area contributed by atoms with Gasteiger partial charge in [0.2, 0.25) is 0 Å². The number of benzene rings is 8. The second kappa shape index (κ2) is 11.6. The molecule has 5 heterocycles. The predicted molar refractivity (Wildman–Crippen MR) is 249 cm³/mol. The molecule has 0 fully saturated rings. The molecule has 14 rings (SSSR count). The summed E-state index contributed by atoms with van der Waals surface area (Å²) in [6.07, 6.45) is 9.09. The zero-order chi connectivity index (χ0) is 38.3. The van der Waals surface area contributed by atoms with E-state index >= 15 is 0 Å². The number of furan rings is 1. The fourth-order valence-electron chi connectivity index (χ4n) is 10.5. The number of allylic oxidation sites excluding steroid dienone is 2. The maximum atomic E-state index is 6.88. The summed E-state index contributed by atoms with van der Waals surface area (Å²) in [5.41, 5.74) is 12.7. The Kier molecular flexibility index (Phi) is 6.25. The maximum absolute atomic E-state index is 6.88. The molecule has 59 heavy (non-hydrogen) atoms. The molecular weight excluding hydrogens is 739 g/mol. The quantitative estimate of drug-likeness (QED) is 0.179. The number of rotatable bonds is 3. The van der Waals surface area contributed by atoms with E-state index in [1.54, 1.807) is 0 Å². The molecule has 0 amide bonds. The van der Waals surface area contributed by atoms with Crippen LogP contribution in [0.25, 0.3) is 97.1 Å². The fraction of sp³-hybridized carbons (Fsp3) is 0.0370. The SMILES string of the molecule is C1=CC2c3ccccc3N(c3ccc4sc5ccc(-n6c7ccccc7c7c8oc9ccc(-n%10c%11ccccc%11c%11ccccc%11%10)cc9c8ccc76)cc5c4c3)C2C=C1. The van der Waals surface area contributed by atoms with Gasteiger partial charge in [-0.2, -0.15) is 0 Å². The van der Waals surface area contributed by atoms with Crippen LogP contribution in [0.4, 0.5) is 11.4 Å². The van der Waals surface area contributed by atoms with Crippen LogP contribution in [0.15, 0.2) is 193 Å². The van der Waals surface area contributed by atoms with Crippen molar-refractivity contribution >= 4 is 108 Å². The number of hydrogen-bond acceptors (Lipinski definition) is 3. The zero-order valence-electron chi connectivity index (χ0n) is 31.7. The summed E-state index contributed by atoms with van der Waals surface area (Å²) in [7, 11) is 0. The number of hydrogen-bond donors (Lipinski definition) is 0. The Bertz CT molecular complexity index is 3780. The molecule has 5 heteroatoms. The number of thiophene rings is 1. The largest absolute Gasteiger partial charge is 0.455 e. The van der Waals surface area contributed by atoms with Gasteiger partial charge in [-0.25, -0.2) is 0 Å². The molecular formula is C54H33N3OS. The van der Waals surface area contributed by atoms with Crippen molar-refractivity contribution in [2.75, 3.05) is 4.90 Å². The highest BCUT2D eigenvalue weighted by Gasteiger charge is 2.37. The Balaban J connectivity index is 0.949. The lowest BCUT2D eigenvalue weighted by atomic mass is 9.91. The second-order valence-electron chi connectivity index (χ2n) is 16.0. The van der Waals surface area contributed by atoms with Gasteiger partial charge in [-0.1, -0.05) is 97.1 Å². The molecule has 0 bridgehead atoms. The van der Waals surface area contributed by atoms with Gasteiger partial charge in [-0.15, -0.1) is 11.3 Å². The Morgan fingerprint density at radius 1 is 0.441 bits per heavy atom. The number of para-hydroxylation sites is 4. The van der Waals surface area contributed by atoms with Crippen molar-refractivity contribution in [2.24, 2.45) is 0 Å². The second-order valence-corrected chi connectivity index (χ2v) is 17.1. The first-order valence-electron chi connectivity index (χ1n) is 20.3. The summed E-state index contributed by atoms with van der Waals surface area (Å²) in [5.74, 6) is 0.355. The van der Waals surface area contributed by atoms with E-state index in [1.807, 2.05) is 11.3 Å². The summed E-state index contributed by atoms with van der Waals surface area (Å²) < 4.78 is 14.3. The molecule has 1 aliphatic heterocycles. The third kappa shape index (κ3) is 4.27. The van der Waals surface area contributed by atoms with E-state index < -0.39 is 0 Å². The van der Waals surface area contributed by atoms with Crippen molar-refractivity contribution < 1.29 is 4.42 Å². The van der Waals surface area contributed by atoms with E-state index in [-0.39, 0.29) is 6.04 Å². The Labute approximate surface area is 342 Å². The minimum absolute atomic E-state index is 0.267. The van der Waals surface area contributed by atoms with Gasteiger partial charge in [0.25, 0.3) is 0 Å². The predicted octanol–water partition coefficient (Wildman–Crippen LogP) is 14.9. The van der Waals surface area contributed by atoms with Gasteiger partial charge < -0.3 is 18.5 Å². The Morgan fingerprint density at radius 3 is 1.81 bits per heavy atom. The van der Waals surface area contributed by atoms with Gasteiger partial charge in [0.05, 0.1) is 33.5 Å². The number of nitrogens with zero attached hydrogens (tertiary/aromatic N) is 3. The van der Waals surface area contributed by atoms with Crippen molar-refractivity contribution in [3.63, 3.8) is 0 Å². The summed E-state index contributed by atoms with van der Waals surface area (Å²) in [6.45, 7) is 0. The molecule has 12 aromatic rings. The molecule has 4 aromatic heterocycles. The van der Waals surface area contributed by atoms with Gasteiger partial charge >= 0.3 is 0 Å². The first-order valence-corrected chi connectivity index (χ1v) is 21.2. The summed E-state index contributed by atoms with van der Waals surface area (Å²) >= 11 is 1.87. The molecule has 276 valence electrons. The average Bonchev–Trinajstić information content (AvgIpc) is 4.09. The minimum atomic E-state index is 0.267. The summed E-state index contributed by atoms with van der Waals surface area (Å²) in [6, 6.07) is 60.5. The maximum Gasteiger partial charge on any atom is 0.145 e. The van der Waals surface area contributed by atoms with Gasteiger partial charge in [0.1, 0.15) is 11.2 Å². The molecule has 0 radical (unpaired) electrons. The third-order valence-corrected chi connectivity index (χ3v) is 14.2. The molecule has 2 atom stereocenters. The Hall–Kier alpha value is -7.34. The highest BCUT2D eigenvalue weighted by molar-refractivity contribution is 7.25. The highest BCUT2D eigenvalue weighted by Crippen LogP contribution is 2.49. The number of fused-ring (bicyclic) bond motifs is 16. The van der Waals surface area contributed by atoms with Crippen LogP contribution in [0, 0.1) is 0 Å². The molecule has 0 saturated heterocycles. The average molecular weight is 772 g/mol. The molecule has 2 unspecified atom stereocenters. The lowest BCUT2D eigenvalue weighted by Crippen LogP contribution is -2.28. The monoisotopic (exact) mass is 771 g/mol. The molecule has 0 N–H and O–H groups in total. The van der Waals surface area contributed by atoms with Crippen molar-refractivity contribution in [3.8, 4) is 11.4 Å². The first-order chi connectivity index (χ1) is 29.3. The third-order valence-electron chi connectivity index (χ3n) is 13.0. The van der Waals surface area contributed by atoms with Gasteiger partial charge in [0, 0.05) is 75.8 Å². The van der Waals surface area contributed by atoms with Crippen molar-refractivity contribution in [2.45, 2.75) is 12.0 Å². The zero-order valence-corrected chi connectivity index (χ0v) is 32.5. The number of aromatic nitrogens is 2. The van der Waals surface area contributed by atoms with E-state index in [1.165, 1.54) is 64.3 Å². The molecule has 4 nitrogen and oxygen atoms in total. The van der Waals surface area contributed by atoms with Crippen LogP contribution in [0.3, 0.4) is 0 Å². The fourth-order valence-corrected chi connectivity index (χ4v) is 11.6. The van der Waals surface area contributed by atoms with Crippen molar-refractivity contribution in [3.05, 3.63) is 194 Å². The number of anilines is 2. The summed E-state index contributed by atoms with van der Waals surface area (Å²) in [5, 5.41) is 9.65. The van der Waals surface area contributed by atoms with Gasteiger partial charge in [-0.3, -0.25) is 0 Å². The van der Waals surface area contributed by atoms with Gasteiger partial charge in [0.15, 0.2) is 0 Å². The minimum Gasteiger partial charge on any atom is -0.455 e. The lowest BCUT2D eigenvalue weighted by molar-refractivity contribution is 0.673. The van der Waals surface area contributed by atoms with Crippen LogP contribution in [-0.2, 0) is 0 Å². The summed E-state index contributed by atoms with van der Waals surface area (Å²) in [4.78, 5) is 2.53. The highest BCUT2D eigenvalue weighted by atomic mass is 32.1. The van der Waals surface area contributed by atoms with Crippen LogP contribution < -0.4 is 4.90 Å². The lowest BCUT2D eigenvalue weighted by Gasteiger charge is -2.28. The van der Waals surface area contributed by atoms with E-state index in [2.05, 4.69) is 202 Å². The smallest absolute Gasteiger partial charge is 0.145 e. The normalized spacial score (nSPS) is 16.3. The molecule has 2 aliphatic rings. The molecule has 0 saturated carbocycles. The van der Waals surface area contributed by atoms with Crippen LogP contribution in [0.2, 0.25) is 0 Å². The van der Waals surface area contributed by atoms with Crippen LogP contribution in [0.5, 0.6) is 0 Å². The van der Waals surface area contributed by atoms with Crippen LogP contribution >= 0.6 is 11.3 Å². The van der Waals surface area contributed by atoms with Crippen molar-refractivity contribution in [1.82, 2.24) is 9.13 Å². The van der Waals surface area contributed by atoms with Crippen LogP contribution in [-0.4, -0.2) is 15.2 Å². The van der Waals surface area contributed by atoms with Crippen molar-refractivity contribution in [1.29, 1.82) is 0 Å². The molecule has 8 aromatic carbocycles. The molecule has 0 spiro atoms. The van der Waals surface area contributed by atoms with E-state index in [9.17, 15) is 0 Å². The van der Waals surface area contributed by atoms with Gasteiger partial charge in [-0.05, 0) is 96.6 Å². The topological polar surface area (TPSA) is 26.2 Å². The Morgan fingerprint density at radius 2 is 1.03 bits per heavy atom. The van der Waals surface area contributed by atoms with E-state index in [0.29, 0.717) is 5.92 Å². The van der Waals surface area contributed by atoms with E-state index in [0.717, 1.165) is 49.7 Å². The van der Waals surface area contributed by atoms with E-state index in [4.69, 9.17) is 4.42 Å². The molecule has 1 aliphatic carbocycles. The standard InChI is InChI=1S/C54H33N3OS/c1-6-16-44-35(11-1)36-12-2-7-17-45(36)55(44)32-21-26-50-41(29-32)39-24-25-49-53(54(39)58-50)40-15-5-10-20-48(40)57(49)34-23-28-52-43(31-34)42-30-33(22-27-51(42)59-52)56-46-18-8-3-13-37(46)38-14-4-9-19-47(38)56/h1-31,37,46H. The first kappa shape index (κ1) is 31.7.